The van der Waals surface area contributed by atoms with Gasteiger partial charge in [-0.1, -0.05) is 24.3 Å². The van der Waals surface area contributed by atoms with Crippen LogP contribution in [0.1, 0.15) is 34.4 Å². The van der Waals surface area contributed by atoms with Crippen LogP contribution in [0.5, 0.6) is 0 Å². The fraction of sp³-hybridized carbons (Fsp3) is 0.467. The first kappa shape index (κ1) is 16.1. The van der Waals surface area contributed by atoms with Crippen molar-refractivity contribution in [2.45, 2.75) is 26.2 Å². The van der Waals surface area contributed by atoms with Crippen LogP contribution in [0.4, 0.5) is 5.13 Å². The first-order valence-corrected chi connectivity index (χ1v) is 9.33. The van der Waals surface area contributed by atoms with Crippen molar-refractivity contribution < 1.29 is 9.59 Å². The molecule has 1 N–H and O–H groups in total. The van der Waals surface area contributed by atoms with E-state index in [9.17, 15) is 9.59 Å². The van der Waals surface area contributed by atoms with Crippen LogP contribution in [0.15, 0.2) is 17.5 Å². The van der Waals surface area contributed by atoms with E-state index < -0.39 is 0 Å². The molecule has 0 bridgehead atoms. The van der Waals surface area contributed by atoms with E-state index in [0.29, 0.717) is 31.1 Å². The van der Waals surface area contributed by atoms with Gasteiger partial charge in [0.05, 0.1) is 4.88 Å². The maximum Gasteiger partial charge on any atom is 0.263 e. The molecule has 0 saturated carbocycles. The van der Waals surface area contributed by atoms with Crippen LogP contribution in [-0.4, -0.2) is 40.0 Å². The third kappa shape index (κ3) is 3.76. The van der Waals surface area contributed by atoms with Gasteiger partial charge in [0.2, 0.25) is 11.0 Å². The average molecular weight is 350 g/mol. The smallest absolute Gasteiger partial charge is 0.263 e. The van der Waals surface area contributed by atoms with Crippen LogP contribution in [-0.2, 0) is 11.2 Å². The van der Waals surface area contributed by atoms with Crippen LogP contribution in [0.3, 0.4) is 0 Å². The molecule has 3 rings (SSSR count). The summed E-state index contributed by atoms with van der Waals surface area (Å²) in [5, 5.41) is 14.2. The molecule has 122 valence electrons. The summed E-state index contributed by atoms with van der Waals surface area (Å²) in [6.07, 6.45) is 2.18. The predicted octanol–water partition coefficient (Wildman–Crippen LogP) is 2.65. The lowest BCUT2D eigenvalue weighted by Gasteiger charge is -2.30. The van der Waals surface area contributed by atoms with Crippen molar-refractivity contribution in [3.63, 3.8) is 0 Å². The van der Waals surface area contributed by atoms with Crippen molar-refractivity contribution in [3.05, 3.63) is 27.4 Å². The van der Waals surface area contributed by atoms with Crippen LogP contribution >= 0.6 is 22.7 Å². The topological polar surface area (TPSA) is 75.2 Å². The number of nitrogens with zero attached hydrogens (tertiary/aromatic N) is 3. The zero-order valence-electron chi connectivity index (χ0n) is 12.8. The Labute approximate surface area is 142 Å². The van der Waals surface area contributed by atoms with Gasteiger partial charge in [0.1, 0.15) is 5.01 Å². The second-order valence-corrected chi connectivity index (χ2v) is 7.40. The van der Waals surface area contributed by atoms with Crippen molar-refractivity contribution in [1.82, 2.24) is 15.1 Å². The Morgan fingerprint density at radius 1 is 1.35 bits per heavy atom. The van der Waals surface area contributed by atoms with Gasteiger partial charge in [-0.2, -0.15) is 0 Å². The van der Waals surface area contributed by atoms with Crippen LogP contribution in [0, 0.1) is 5.92 Å². The van der Waals surface area contributed by atoms with Crippen LogP contribution < -0.4 is 5.32 Å². The Bertz CT molecular complexity index is 675. The molecule has 1 aliphatic heterocycles. The number of carbonyl (C=O) groups excluding carboxylic acids is 2. The molecule has 23 heavy (non-hydrogen) atoms. The Kier molecular flexibility index (Phi) is 5.02. The van der Waals surface area contributed by atoms with Gasteiger partial charge in [-0.25, -0.2) is 0 Å². The maximum absolute atomic E-state index is 12.3. The van der Waals surface area contributed by atoms with Crippen LogP contribution in [0.25, 0.3) is 0 Å². The number of likely N-dealkylation sites (tertiary alicyclic amines) is 1. The number of aromatic nitrogens is 2. The number of hydrogen-bond acceptors (Lipinski definition) is 6. The highest BCUT2D eigenvalue weighted by Gasteiger charge is 2.28. The molecule has 2 aromatic heterocycles. The summed E-state index contributed by atoms with van der Waals surface area (Å²) in [7, 11) is 0. The number of rotatable bonds is 4. The highest BCUT2D eigenvalue weighted by molar-refractivity contribution is 7.15. The summed E-state index contributed by atoms with van der Waals surface area (Å²) < 4.78 is 0. The standard InChI is InChI=1S/C15H18N4O2S2/c1-2-12-17-18-15(23-12)16-13(20)10-5-7-19(8-6-10)14(21)11-4-3-9-22-11/h3-4,9-10H,2,5-8H2,1H3,(H,16,18,20). The molecule has 1 aliphatic rings. The summed E-state index contributed by atoms with van der Waals surface area (Å²) in [4.78, 5) is 27.2. The molecule has 0 unspecified atom stereocenters. The third-order valence-electron chi connectivity index (χ3n) is 3.88. The Balaban J connectivity index is 1.52. The molecule has 0 atom stereocenters. The molecular weight excluding hydrogens is 332 g/mol. The SMILES string of the molecule is CCc1nnc(NC(=O)C2CCN(C(=O)c3cccs3)CC2)s1. The summed E-state index contributed by atoms with van der Waals surface area (Å²) in [5.74, 6) is -0.0287. The number of hydrogen-bond donors (Lipinski definition) is 1. The highest BCUT2D eigenvalue weighted by atomic mass is 32.1. The lowest BCUT2D eigenvalue weighted by atomic mass is 9.96. The fourth-order valence-corrected chi connectivity index (χ4v) is 3.93. The normalized spacial score (nSPS) is 15.6. The minimum atomic E-state index is -0.0728. The van der Waals surface area contributed by atoms with Gasteiger partial charge in [0.15, 0.2) is 0 Å². The molecule has 6 nitrogen and oxygen atoms in total. The van der Waals surface area contributed by atoms with Gasteiger partial charge < -0.3 is 10.2 Å². The van der Waals surface area contributed by atoms with E-state index in [1.165, 1.54) is 22.7 Å². The van der Waals surface area contributed by atoms with Crippen LogP contribution in [0.2, 0.25) is 0 Å². The van der Waals surface area contributed by atoms with E-state index in [4.69, 9.17) is 0 Å². The molecule has 1 fully saturated rings. The number of thiophene rings is 1. The molecule has 8 heteroatoms. The summed E-state index contributed by atoms with van der Waals surface area (Å²) in [6.45, 7) is 3.24. The highest BCUT2D eigenvalue weighted by Crippen LogP contribution is 2.23. The zero-order valence-corrected chi connectivity index (χ0v) is 14.5. The number of carbonyl (C=O) groups is 2. The molecule has 2 aromatic rings. The summed E-state index contributed by atoms with van der Waals surface area (Å²) in [6, 6.07) is 3.72. The molecule has 0 radical (unpaired) electrons. The van der Waals surface area contributed by atoms with E-state index in [-0.39, 0.29) is 17.7 Å². The number of aryl methyl sites for hydroxylation is 1. The first-order valence-electron chi connectivity index (χ1n) is 7.63. The van der Waals surface area contributed by atoms with Gasteiger partial charge in [-0.15, -0.1) is 21.5 Å². The average Bonchev–Trinajstić information content (AvgIpc) is 3.26. The van der Waals surface area contributed by atoms with E-state index in [0.717, 1.165) is 16.3 Å². The Morgan fingerprint density at radius 3 is 2.74 bits per heavy atom. The van der Waals surface area contributed by atoms with E-state index in [1.54, 1.807) is 0 Å². The van der Waals surface area contributed by atoms with Gasteiger partial charge in [0, 0.05) is 19.0 Å². The largest absolute Gasteiger partial charge is 0.338 e. The van der Waals surface area contributed by atoms with Crippen molar-refractivity contribution in [2.24, 2.45) is 5.92 Å². The van der Waals surface area contributed by atoms with Gasteiger partial charge in [-0.05, 0) is 30.7 Å². The molecule has 0 spiro atoms. The molecule has 2 amide bonds. The lowest BCUT2D eigenvalue weighted by molar-refractivity contribution is -0.121. The summed E-state index contributed by atoms with van der Waals surface area (Å²) >= 11 is 2.87. The number of anilines is 1. The molecule has 3 heterocycles. The maximum atomic E-state index is 12.3. The lowest BCUT2D eigenvalue weighted by Crippen LogP contribution is -2.41. The van der Waals surface area contributed by atoms with E-state index >= 15 is 0 Å². The quantitative estimate of drug-likeness (QED) is 0.920. The van der Waals surface area contributed by atoms with Crippen molar-refractivity contribution in [1.29, 1.82) is 0 Å². The second kappa shape index (κ2) is 7.18. The van der Waals surface area contributed by atoms with E-state index in [2.05, 4.69) is 15.5 Å². The number of amides is 2. The molecular formula is C15H18N4O2S2. The van der Waals surface area contributed by atoms with Crippen molar-refractivity contribution >= 4 is 39.6 Å². The third-order valence-corrected chi connectivity index (χ3v) is 5.73. The molecule has 0 aliphatic carbocycles. The Morgan fingerprint density at radius 2 is 2.13 bits per heavy atom. The summed E-state index contributed by atoms with van der Waals surface area (Å²) in [5.41, 5.74) is 0. The second-order valence-electron chi connectivity index (χ2n) is 5.39. The predicted molar refractivity (Wildman–Crippen MR) is 90.9 cm³/mol. The number of piperidine rings is 1. The van der Waals surface area contributed by atoms with Gasteiger partial charge in [-0.3, -0.25) is 9.59 Å². The molecule has 0 aromatic carbocycles. The number of nitrogens with one attached hydrogen (secondary N) is 1. The van der Waals surface area contributed by atoms with E-state index in [1.807, 2.05) is 29.3 Å². The van der Waals surface area contributed by atoms with Crippen molar-refractivity contribution in [3.8, 4) is 0 Å². The van der Waals surface area contributed by atoms with Gasteiger partial charge in [0.25, 0.3) is 5.91 Å². The zero-order chi connectivity index (χ0) is 16.2. The molecule has 1 saturated heterocycles. The first-order chi connectivity index (χ1) is 11.2. The minimum absolute atomic E-state index is 0.0213. The Hall–Kier alpha value is -1.80. The van der Waals surface area contributed by atoms with Crippen molar-refractivity contribution in [2.75, 3.05) is 18.4 Å². The van der Waals surface area contributed by atoms with Gasteiger partial charge >= 0.3 is 0 Å². The monoisotopic (exact) mass is 350 g/mol. The fourth-order valence-electron chi connectivity index (χ4n) is 2.56. The minimum Gasteiger partial charge on any atom is -0.338 e.